The highest BCUT2D eigenvalue weighted by molar-refractivity contribution is 6.98. The summed E-state index contributed by atoms with van der Waals surface area (Å²) in [6.45, 7) is 0.0272. The summed E-state index contributed by atoms with van der Waals surface area (Å²) in [6.07, 6.45) is 0. The molecular formula is C50H29BO3. The van der Waals surface area contributed by atoms with Crippen LogP contribution >= 0.6 is 0 Å². The number of fused-ring (bicyclic) bond motifs is 17. The minimum absolute atomic E-state index is 0.0272. The van der Waals surface area contributed by atoms with Gasteiger partial charge in [0.15, 0.2) is 0 Å². The van der Waals surface area contributed by atoms with Crippen LogP contribution in [0.25, 0.3) is 22.3 Å². The van der Waals surface area contributed by atoms with E-state index in [1.165, 1.54) is 66.6 Å². The lowest BCUT2D eigenvalue weighted by atomic mass is 9.35. The summed E-state index contributed by atoms with van der Waals surface area (Å²) in [7, 11) is 0. The van der Waals surface area contributed by atoms with Gasteiger partial charge in [-0.3, -0.25) is 0 Å². The number of ether oxygens (including phenoxy) is 3. The number of rotatable bonds is 1. The van der Waals surface area contributed by atoms with Crippen LogP contribution in [-0.4, -0.2) is 6.71 Å². The van der Waals surface area contributed by atoms with Crippen LogP contribution in [0.2, 0.25) is 0 Å². The summed E-state index contributed by atoms with van der Waals surface area (Å²) < 4.78 is 20.5. The lowest BCUT2D eigenvalue weighted by Gasteiger charge is -2.41. The number of hydrogen-bond donors (Lipinski definition) is 0. The Hall–Kier alpha value is -6.78. The minimum Gasteiger partial charge on any atom is -0.458 e. The lowest BCUT2D eigenvalue weighted by molar-refractivity contribution is 0.436. The van der Waals surface area contributed by atoms with E-state index in [0.717, 1.165) is 45.5 Å². The molecule has 0 bridgehead atoms. The van der Waals surface area contributed by atoms with E-state index in [-0.39, 0.29) is 12.6 Å². The first-order chi connectivity index (χ1) is 26.8. The maximum atomic E-state index is 6.87. The number of hydrogen-bond acceptors (Lipinski definition) is 3. The smallest absolute Gasteiger partial charge is 0.260 e. The van der Waals surface area contributed by atoms with Crippen LogP contribution in [0.5, 0.6) is 34.5 Å². The van der Waals surface area contributed by atoms with Crippen LogP contribution in [0, 0.1) is 0 Å². The average molecular weight is 689 g/mol. The Bertz CT molecular complexity index is 2850. The monoisotopic (exact) mass is 688 g/mol. The van der Waals surface area contributed by atoms with Crippen molar-refractivity contribution in [3.05, 3.63) is 209 Å². The van der Waals surface area contributed by atoms with E-state index < -0.39 is 5.41 Å². The molecule has 3 nitrogen and oxygen atoms in total. The quantitative estimate of drug-likeness (QED) is 0.161. The molecule has 4 heteroatoms. The summed E-state index contributed by atoms with van der Waals surface area (Å²) >= 11 is 0. The van der Waals surface area contributed by atoms with Gasteiger partial charge in [0, 0.05) is 22.5 Å². The topological polar surface area (TPSA) is 27.7 Å². The Morgan fingerprint density at radius 3 is 1.57 bits per heavy atom. The third-order valence-electron chi connectivity index (χ3n) is 12.5. The Morgan fingerprint density at radius 2 is 0.907 bits per heavy atom. The van der Waals surface area contributed by atoms with Crippen LogP contribution in [0.4, 0.5) is 0 Å². The van der Waals surface area contributed by atoms with E-state index in [4.69, 9.17) is 14.2 Å². The lowest BCUT2D eigenvalue weighted by Crippen LogP contribution is -2.57. The van der Waals surface area contributed by atoms with Crippen molar-refractivity contribution in [3.8, 4) is 56.8 Å². The van der Waals surface area contributed by atoms with Gasteiger partial charge in [0.05, 0.1) is 5.41 Å². The molecule has 0 saturated carbocycles. The third-order valence-corrected chi connectivity index (χ3v) is 12.5. The molecule has 0 fully saturated rings. The first-order valence-electron chi connectivity index (χ1n) is 18.7. The van der Waals surface area contributed by atoms with Crippen LogP contribution in [0.1, 0.15) is 44.9 Å². The van der Waals surface area contributed by atoms with Crippen molar-refractivity contribution in [2.45, 2.75) is 11.3 Å². The maximum absolute atomic E-state index is 6.87. The van der Waals surface area contributed by atoms with Crippen molar-refractivity contribution >= 4 is 23.1 Å². The molecule has 1 atom stereocenters. The summed E-state index contributed by atoms with van der Waals surface area (Å²) in [5, 5.41) is 0. The van der Waals surface area contributed by atoms with E-state index in [9.17, 15) is 0 Å². The molecule has 3 aliphatic heterocycles. The fourth-order valence-corrected chi connectivity index (χ4v) is 10.6. The van der Waals surface area contributed by atoms with Gasteiger partial charge in [-0.25, -0.2) is 0 Å². The molecule has 0 aromatic heterocycles. The van der Waals surface area contributed by atoms with Gasteiger partial charge in [-0.15, -0.1) is 0 Å². The predicted octanol–water partition coefficient (Wildman–Crippen LogP) is 10.0. The summed E-state index contributed by atoms with van der Waals surface area (Å²) in [4.78, 5) is 0. The summed E-state index contributed by atoms with van der Waals surface area (Å²) in [5.41, 5.74) is 16.6. The first-order valence-corrected chi connectivity index (χ1v) is 18.7. The zero-order valence-corrected chi connectivity index (χ0v) is 29.0. The molecule has 0 radical (unpaired) electrons. The molecule has 1 spiro atoms. The second kappa shape index (κ2) is 10.2. The van der Waals surface area contributed by atoms with Crippen molar-refractivity contribution < 1.29 is 14.2 Å². The van der Waals surface area contributed by atoms with Gasteiger partial charge >= 0.3 is 0 Å². The van der Waals surface area contributed by atoms with Gasteiger partial charge < -0.3 is 14.2 Å². The maximum Gasteiger partial charge on any atom is 0.260 e. The van der Waals surface area contributed by atoms with E-state index in [2.05, 4.69) is 170 Å². The molecule has 250 valence electrons. The Labute approximate surface area is 313 Å². The van der Waals surface area contributed by atoms with Gasteiger partial charge in [0.1, 0.15) is 34.5 Å². The fourth-order valence-electron chi connectivity index (χ4n) is 10.6. The van der Waals surface area contributed by atoms with E-state index in [1.54, 1.807) is 0 Å². The minimum atomic E-state index is -0.596. The van der Waals surface area contributed by atoms with Crippen molar-refractivity contribution in [2.75, 3.05) is 0 Å². The van der Waals surface area contributed by atoms with Crippen molar-refractivity contribution in [2.24, 2.45) is 0 Å². The normalized spacial score (nSPS) is 16.1. The van der Waals surface area contributed by atoms with Gasteiger partial charge in [-0.05, 0) is 97.4 Å². The predicted molar refractivity (Wildman–Crippen MR) is 214 cm³/mol. The van der Waals surface area contributed by atoms with Gasteiger partial charge in [-0.2, -0.15) is 0 Å². The zero-order chi connectivity index (χ0) is 35.1. The van der Waals surface area contributed by atoms with Crippen LogP contribution in [0.15, 0.2) is 170 Å². The highest BCUT2D eigenvalue weighted by Gasteiger charge is 2.54. The molecule has 0 amide bonds. The molecule has 5 aliphatic rings. The average Bonchev–Trinajstić information content (AvgIpc) is 3.72. The Balaban J connectivity index is 1.13. The largest absolute Gasteiger partial charge is 0.458 e. The van der Waals surface area contributed by atoms with Crippen molar-refractivity contribution in [1.29, 1.82) is 0 Å². The van der Waals surface area contributed by atoms with Crippen LogP contribution in [0.3, 0.4) is 0 Å². The van der Waals surface area contributed by atoms with Crippen LogP contribution < -0.4 is 30.6 Å². The standard InChI is InChI=1S/C50H29BO3/c1-2-15-32-30(13-1)33-25-26-34-31-14-3-4-16-35(31)50(36-17-5-9-21-40(36)52-41-22-10-6-18-37(41)50)48(34)47(33)46(32)29-27-44-49-45(28-29)54-43-24-12-8-20-39(43)51(49)38-19-7-11-23-42(38)53-44/h1-28,46H. The second-order valence-electron chi connectivity index (χ2n) is 15.0. The molecule has 8 aromatic rings. The van der Waals surface area contributed by atoms with E-state index in [1.807, 2.05) is 0 Å². The molecule has 54 heavy (non-hydrogen) atoms. The molecule has 13 rings (SSSR count). The highest BCUT2D eigenvalue weighted by atomic mass is 16.5. The van der Waals surface area contributed by atoms with Gasteiger partial charge in [-0.1, -0.05) is 133 Å². The number of benzene rings is 8. The summed E-state index contributed by atoms with van der Waals surface area (Å²) in [6, 6.07) is 61.4. The number of para-hydroxylation sites is 4. The van der Waals surface area contributed by atoms with Crippen molar-refractivity contribution in [1.82, 2.24) is 0 Å². The molecular weight excluding hydrogens is 659 g/mol. The molecule has 0 N–H and O–H groups in total. The fraction of sp³-hybridized carbons (Fsp3) is 0.0400. The molecule has 0 saturated heterocycles. The van der Waals surface area contributed by atoms with Crippen molar-refractivity contribution in [3.63, 3.8) is 0 Å². The molecule has 1 unspecified atom stereocenters. The van der Waals surface area contributed by atoms with Gasteiger partial charge in [0.2, 0.25) is 0 Å². The highest BCUT2D eigenvalue weighted by Crippen LogP contribution is 2.66. The zero-order valence-electron chi connectivity index (χ0n) is 29.0. The van der Waals surface area contributed by atoms with Crippen LogP contribution in [-0.2, 0) is 5.41 Å². The molecule has 2 aliphatic carbocycles. The Morgan fingerprint density at radius 1 is 0.407 bits per heavy atom. The first kappa shape index (κ1) is 28.8. The molecule has 3 heterocycles. The third kappa shape index (κ3) is 3.45. The van der Waals surface area contributed by atoms with E-state index >= 15 is 0 Å². The van der Waals surface area contributed by atoms with E-state index in [0.29, 0.717) is 0 Å². The SMILES string of the molecule is c1ccc2c(c1)Oc1cc(C3c4ccccc4-c4ccc5c(c43)C3(c4ccccc4Oc4ccccc43)c3ccccc3-5)cc3c1B2c1ccccc1O3. The molecule has 8 aromatic carbocycles. The summed E-state index contributed by atoms with van der Waals surface area (Å²) in [5.74, 6) is 5.22. The Kier molecular flexibility index (Phi) is 5.44. The second-order valence-corrected chi connectivity index (χ2v) is 15.0. The van der Waals surface area contributed by atoms with Gasteiger partial charge in [0.25, 0.3) is 6.71 Å².